The molecule has 3 aromatic rings. The Kier molecular flexibility index (Phi) is 8.73. The van der Waals surface area contributed by atoms with Crippen LogP contribution in [0.1, 0.15) is 39.9 Å². The van der Waals surface area contributed by atoms with Crippen LogP contribution < -0.4 is 0 Å². The quantitative estimate of drug-likeness (QED) is 0.390. The van der Waals surface area contributed by atoms with Crippen molar-refractivity contribution in [2.24, 2.45) is 0 Å². The molecule has 0 N–H and O–H groups in total. The Morgan fingerprint density at radius 1 is 0.842 bits per heavy atom. The second kappa shape index (κ2) is 12.2. The van der Waals surface area contributed by atoms with Crippen molar-refractivity contribution in [1.29, 1.82) is 0 Å². The van der Waals surface area contributed by atoms with Gasteiger partial charge in [0, 0.05) is 39.3 Å². The Balaban J connectivity index is 1.42. The number of furan rings is 1. The van der Waals surface area contributed by atoms with E-state index < -0.39 is 11.7 Å². The molecular weight excluding hydrogens is 499 g/mol. The number of carbonyl (C=O) groups is 2. The van der Waals surface area contributed by atoms with Gasteiger partial charge >= 0.3 is 12.3 Å². The van der Waals surface area contributed by atoms with Gasteiger partial charge in [-0.05, 0) is 42.3 Å². The highest BCUT2D eigenvalue weighted by Gasteiger charge is 2.30. The van der Waals surface area contributed by atoms with Crippen LogP contribution in [0.4, 0.5) is 18.0 Å². The lowest BCUT2D eigenvalue weighted by atomic mass is 10.1. The Morgan fingerprint density at radius 3 is 2.05 bits per heavy atom. The molecule has 0 spiro atoms. The van der Waals surface area contributed by atoms with E-state index in [9.17, 15) is 22.8 Å². The van der Waals surface area contributed by atoms with Crippen LogP contribution in [0, 0.1) is 0 Å². The molecule has 0 unspecified atom stereocenters. The van der Waals surface area contributed by atoms with E-state index >= 15 is 0 Å². The summed E-state index contributed by atoms with van der Waals surface area (Å²) in [6.07, 6.45) is -4.77. The third kappa shape index (κ3) is 7.16. The first kappa shape index (κ1) is 27.3. The summed E-state index contributed by atoms with van der Waals surface area (Å²) < 4.78 is 49.8. The van der Waals surface area contributed by atoms with Gasteiger partial charge in [-0.1, -0.05) is 42.5 Å². The van der Waals surface area contributed by atoms with Crippen molar-refractivity contribution < 1.29 is 31.9 Å². The number of hydrogen-bond donors (Lipinski definition) is 0. The third-order valence-electron chi connectivity index (χ3n) is 6.28. The third-order valence-corrected chi connectivity index (χ3v) is 6.28. The van der Waals surface area contributed by atoms with Crippen molar-refractivity contribution in [3.8, 4) is 0 Å². The molecule has 0 radical (unpaired) electrons. The zero-order valence-electron chi connectivity index (χ0n) is 21.1. The summed E-state index contributed by atoms with van der Waals surface area (Å²) in [6.45, 7) is 4.87. The molecule has 10 heteroatoms. The fraction of sp³-hybridized carbons (Fsp3) is 0.357. The molecule has 1 fully saturated rings. The summed E-state index contributed by atoms with van der Waals surface area (Å²) in [5.74, 6) is 0.525. The van der Waals surface area contributed by atoms with Crippen molar-refractivity contribution in [2.45, 2.75) is 32.7 Å². The van der Waals surface area contributed by atoms with Crippen LogP contribution in [0.2, 0.25) is 0 Å². The van der Waals surface area contributed by atoms with Gasteiger partial charge in [0.1, 0.15) is 5.76 Å². The molecule has 2 heterocycles. The van der Waals surface area contributed by atoms with Crippen molar-refractivity contribution in [3.63, 3.8) is 0 Å². The van der Waals surface area contributed by atoms with E-state index in [0.717, 1.165) is 23.3 Å². The van der Waals surface area contributed by atoms with Crippen molar-refractivity contribution >= 4 is 12.0 Å². The predicted octanol–water partition coefficient (Wildman–Crippen LogP) is 5.42. The molecule has 2 aromatic carbocycles. The average molecular weight is 530 g/mol. The second-order valence-corrected chi connectivity index (χ2v) is 9.07. The maximum absolute atomic E-state index is 13.0. The molecule has 38 heavy (non-hydrogen) atoms. The van der Waals surface area contributed by atoms with Crippen LogP contribution >= 0.6 is 0 Å². The zero-order valence-corrected chi connectivity index (χ0v) is 21.1. The molecule has 0 bridgehead atoms. The lowest BCUT2D eigenvalue weighted by molar-refractivity contribution is -0.137. The number of benzene rings is 2. The summed E-state index contributed by atoms with van der Waals surface area (Å²) in [7, 11) is 0. The monoisotopic (exact) mass is 529 g/mol. The van der Waals surface area contributed by atoms with Gasteiger partial charge in [0.2, 0.25) is 0 Å². The number of nitrogens with zero attached hydrogens (tertiary/aromatic N) is 3. The van der Waals surface area contributed by atoms with Crippen LogP contribution in [-0.2, 0) is 30.5 Å². The SMILES string of the molecule is CCOC(=O)N1CCN(C(=O)c2ccc(CN(Cc3ccccc3)Cc3ccc(C(F)(F)F)cc3)o2)CC1. The molecule has 1 aliphatic heterocycles. The number of piperazine rings is 1. The number of rotatable bonds is 8. The van der Waals surface area contributed by atoms with Crippen molar-refractivity contribution in [2.75, 3.05) is 32.8 Å². The molecule has 0 atom stereocenters. The molecular formula is C28H30F3N3O4. The number of hydrogen-bond acceptors (Lipinski definition) is 5. The maximum atomic E-state index is 13.0. The first-order valence-electron chi connectivity index (χ1n) is 12.4. The smallest absolute Gasteiger partial charge is 0.416 e. The Labute approximate surface area is 219 Å². The predicted molar refractivity (Wildman–Crippen MR) is 134 cm³/mol. The van der Waals surface area contributed by atoms with Gasteiger partial charge in [0.05, 0.1) is 18.7 Å². The topological polar surface area (TPSA) is 66.2 Å². The summed E-state index contributed by atoms with van der Waals surface area (Å²) in [4.78, 5) is 30.1. The molecule has 202 valence electrons. The van der Waals surface area contributed by atoms with E-state index in [1.807, 2.05) is 35.2 Å². The second-order valence-electron chi connectivity index (χ2n) is 9.07. The minimum absolute atomic E-state index is 0.207. The lowest BCUT2D eigenvalue weighted by Crippen LogP contribution is -2.50. The Hall–Kier alpha value is -3.79. The average Bonchev–Trinajstić information content (AvgIpc) is 3.37. The van der Waals surface area contributed by atoms with E-state index in [0.29, 0.717) is 58.2 Å². The highest BCUT2D eigenvalue weighted by Crippen LogP contribution is 2.29. The largest absolute Gasteiger partial charge is 0.455 e. The van der Waals surface area contributed by atoms with Gasteiger partial charge in [-0.25, -0.2) is 4.79 Å². The van der Waals surface area contributed by atoms with E-state index in [4.69, 9.17) is 9.15 Å². The number of halogens is 3. The highest BCUT2D eigenvalue weighted by molar-refractivity contribution is 5.91. The van der Waals surface area contributed by atoms with Gasteiger partial charge in [-0.3, -0.25) is 9.69 Å². The van der Waals surface area contributed by atoms with Gasteiger partial charge < -0.3 is 19.0 Å². The number of alkyl halides is 3. The van der Waals surface area contributed by atoms with Gasteiger partial charge in [0.25, 0.3) is 5.91 Å². The van der Waals surface area contributed by atoms with Gasteiger partial charge in [0.15, 0.2) is 5.76 Å². The van der Waals surface area contributed by atoms with Crippen LogP contribution in [0.3, 0.4) is 0 Å². The normalized spacial score (nSPS) is 14.1. The van der Waals surface area contributed by atoms with Crippen LogP contribution in [-0.4, -0.2) is 59.5 Å². The van der Waals surface area contributed by atoms with Crippen LogP contribution in [0.15, 0.2) is 71.1 Å². The molecule has 1 aliphatic rings. The zero-order chi connectivity index (χ0) is 27.1. The molecule has 1 saturated heterocycles. The summed E-state index contributed by atoms with van der Waals surface area (Å²) in [5, 5.41) is 0. The summed E-state index contributed by atoms with van der Waals surface area (Å²) >= 11 is 0. The minimum Gasteiger partial charge on any atom is -0.455 e. The lowest BCUT2D eigenvalue weighted by Gasteiger charge is -2.33. The Morgan fingerprint density at radius 2 is 1.45 bits per heavy atom. The first-order chi connectivity index (χ1) is 18.2. The molecule has 0 saturated carbocycles. The fourth-order valence-corrected chi connectivity index (χ4v) is 4.33. The summed E-state index contributed by atoms with van der Waals surface area (Å²) in [6, 6.07) is 18.2. The van der Waals surface area contributed by atoms with E-state index in [2.05, 4.69) is 0 Å². The van der Waals surface area contributed by atoms with Gasteiger partial charge in [-0.15, -0.1) is 0 Å². The molecule has 4 rings (SSSR count). The van der Waals surface area contributed by atoms with Gasteiger partial charge in [-0.2, -0.15) is 13.2 Å². The standard InChI is InChI=1S/C28H30F3N3O4/c1-2-37-27(36)34-16-14-33(15-17-34)26(35)25-13-12-24(38-25)20-32(18-21-6-4-3-5-7-21)19-22-8-10-23(11-9-22)28(29,30)31/h3-13H,2,14-20H2,1H3. The Bertz CT molecular complexity index is 1200. The van der Waals surface area contributed by atoms with Crippen molar-refractivity contribution in [3.05, 3.63) is 94.9 Å². The highest BCUT2D eigenvalue weighted by atomic mass is 19.4. The van der Waals surface area contributed by atoms with E-state index in [1.54, 1.807) is 28.9 Å². The van der Waals surface area contributed by atoms with Crippen LogP contribution in [0.5, 0.6) is 0 Å². The fourth-order valence-electron chi connectivity index (χ4n) is 4.33. The van der Waals surface area contributed by atoms with Crippen molar-refractivity contribution in [1.82, 2.24) is 14.7 Å². The van der Waals surface area contributed by atoms with E-state index in [1.165, 1.54) is 12.1 Å². The number of amides is 2. The minimum atomic E-state index is -4.38. The number of carbonyl (C=O) groups excluding carboxylic acids is 2. The molecule has 7 nitrogen and oxygen atoms in total. The molecule has 2 amide bonds. The molecule has 0 aliphatic carbocycles. The van der Waals surface area contributed by atoms with Crippen LogP contribution in [0.25, 0.3) is 0 Å². The molecule has 1 aromatic heterocycles. The summed E-state index contributed by atoms with van der Waals surface area (Å²) in [5.41, 5.74) is 1.09. The number of ether oxygens (including phenoxy) is 1. The maximum Gasteiger partial charge on any atom is 0.416 e. The van der Waals surface area contributed by atoms with E-state index in [-0.39, 0.29) is 17.8 Å². The first-order valence-corrected chi connectivity index (χ1v) is 12.4.